The summed E-state index contributed by atoms with van der Waals surface area (Å²) in [4.78, 5) is 0. The summed E-state index contributed by atoms with van der Waals surface area (Å²) < 4.78 is 0. The van der Waals surface area contributed by atoms with Gasteiger partial charge in [0.25, 0.3) is 0 Å². The van der Waals surface area contributed by atoms with E-state index in [0.29, 0.717) is 11.3 Å². The number of halogens is 1. The Kier molecular flexibility index (Phi) is 5.15. The summed E-state index contributed by atoms with van der Waals surface area (Å²) >= 11 is 7.96. The molecule has 0 amide bonds. The molecule has 2 unspecified atom stereocenters. The zero-order chi connectivity index (χ0) is 14.7. The molecule has 0 radical (unpaired) electrons. The molecule has 2 aliphatic rings. The van der Waals surface area contributed by atoms with Gasteiger partial charge in [0, 0.05) is 27.6 Å². The van der Waals surface area contributed by atoms with Crippen LogP contribution in [0.5, 0.6) is 0 Å². The molecule has 2 fully saturated rings. The Morgan fingerprint density at radius 3 is 2.67 bits per heavy atom. The lowest BCUT2D eigenvalue weighted by molar-refractivity contribution is 0.122. The van der Waals surface area contributed by atoms with Crippen molar-refractivity contribution in [3.63, 3.8) is 0 Å². The molecular formula is C17H24ClNOS. The molecule has 0 spiro atoms. The summed E-state index contributed by atoms with van der Waals surface area (Å²) in [5.74, 6) is 1.03. The predicted molar refractivity (Wildman–Crippen MR) is 91.0 cm³/mol. The number of hydrogen-bond donors (Lipinski definition) is 2. The second-order valence-electron chi connectivity index (χ2n) is 6.51. The number of nitrogens with one attached hydrogen (secondary N) is 1. The summed E-state index contributed by atoms with van der Waals surface area (Å²) in [5, 5.41) is 15.0. The third-order valence-corrected chi connectivity index (χ3v) is 6.21. The molecule has 116 valence electrons. The van der Waals surface area contributed by atoms with Gasteiger partial charge in [-0.2, -0.15) is 11.8 Å². The molecule has 0 aliphatic heterocycles. The Labute approximate surface area is 136 Å². The zero-order valence-corrected chi connectivity index (χ0v) is 13.9. The second kappa shape index (κ2) is 6.91. The number of benzene rings is 1. The highest BCUT2D eigenvalue weighted by Gasteiger charge is 2.39. The van der Waals surface area contributed by atoms with E-state index < -0.39 is 0 Å². The van der Waals surface area contributed by atoms with E-state index in [2.05, 4.69) is 17.4 Å². The molecule has 2 saturated carbocycles. The van der Waals surface area contributed by atoms with Crippen LogP contribution >= 0.6 is 23.4 Å². The van der Waals surface area contributed by atoms with Crippen molar-refractivity contribution in [2.45, 2.75) is 61.1 Å². The van der Waals surface area contributed by atoms with E-state index >= 15 is 0 Å². The van der Waals surface area contributed by atoms with Crippen molar-refractivity contribution in [2.75, 3.05) is 6.61 Å². The van der Waals surface area contributed by atoms with Gasteiger partial charge in [-0.15, -0.1) is 0 Å². The van der Waals surface area contributed by atoms with Gasteiger partial charge in [0.1, 0.15) is 0 Å². The van der Waals surface area contributed by atoms with Gasteiger partial charge in [-0.3, -0.25) is 0 Å². The molecule has 4 heteroatoms. The molecular weight excluding hydrogens is 302 g/mol. The first-order chi connectivity index (χ1) is 10.2. The Balaban J connectivity index is 1.53. The lowest BCUT2D eigenvalue weighted by Crippen LogP contribution is -2.53. The maximum atomic E-state index is 9.87. The highest BCUT2D eigenvalue weighted by atomic mass is 35.5. The van der Waals surface area contributed by atoms with E-state index in [0.717, 1.165) is 23.6 Å². The quantitative estimate of drug-likeness (QED) is 0.829. The summed E-state index contributed by atoms with van der Waals surface area (Å²) in [6, 6.07) is 8.81. The first kappa shape index (κ1) is 15.7. The molecule has 2 atom stereocenters. The minimum absolute atomic E-state index is 0.0168. The number of aliphatic hydroxyl groups is 1. The molecule has 1 aromatic rings. The average molecular weight is 326 g/mol. The molecule has 21 heavy (non-hydrogen) atoms. The van der Waals surface area contributed by atoms with Gasteiger partial charge in [-0.1, -0.05) is 30.2 Å². The summed E-state index contributed by atoms with van der Waals surface area (Å²) in [6.07, 6.45) is 7.27. The van der Waals surface area contributed by atoms with Crippen LogP contribution in [0.15, 0.2) is 24.3 Å². The molecule has 3 rings (SSSR count). The Morgan fingerprint density at radius 1 is 1.24 bits per heavy atom. The highest BCUT2D eigenvalue weighted by molar-refractivity contribution is 7.99. The number of thioether (sulfide) groups is 1. The molecule has 0 heterocycles. The van der Waals surface area contributed by atoms with Crippen molar-refractivity contribution in [3.8, 4) is 0 Å². The van der Waals surface area contributed by atoms with Crippen LogP contribution in [-0.2, 0) is 5.75 Å². The van der Waals surface area contributed by atoms with Gasteiger partial charge >= 0.3 is 0 Å². The summed E-state index contributed by atoms with van der Waals surface area (Å²) in [7, 11) is 0. The number of rotatable bonds is 6. The van der Waals surface area contributed by atoms with Crippen LogP contribution in [0, 0.1) is 0 Å². The summed E-state index contributed by atoms with van der Waals surface area (Å²) in [5.41, 5.74) is 1.32. The van der Waals surface area contributed by atoms with Crippen molar-refractivity contribution in [1.82, 2.24) is 5.32 Å². The molecule has 0 saturated heterocycles. The molecule has 0 bridgehead atoms. The van der Waals surface area contributed by atoms with E-state index in [1.165, 1.54) is 31.2 Å². The van der Waals surface area contributed by atoms with Gasteiger partial charge in [0.2, 0.25) is 0 Å². The van der Waals surface area contributed by atoms with Crippen LogP contribution in [0.1, 0.15) is 44.1 Å². The van der Waals surface area contributed by atoms with Crippen molar-refractivity contribution >= 4 is 23.4 Å². The maximum absolute atomic E-state index is 9.87. The smallest absolute Gasteiger partial charge is 0.0613 e. The van der Waals surface area contributed by atoms with Gasteiger partial charge < -0.3 is 10.4 Å². The standard InChI is InChI=1S/C17H24ClNOS/c18-14-5-3-13(4-6-14)11-21-16-2-1-9-17(10-16,12-20)19-15-7-8-15/h3-6,15-16,19-20H,1-2,7-12H2. The van der Waals surface area contributed by atoms with Crippen LogP contribution in [0.2, 0.25) is 5.02 Å². The maximum Gasteiger partial charge on any atom is 0.0613 e. The average Bonchev–Trinajstić information content (AvgIpc) is 3.31. The fraction of sp³-hybridized carbons (Fsp3) is 0.647. The van der Waals surface area contributed by atoms with E-state index in [-0.39, 0.29) is 12.1 Å². The first-order valence-electron chi connectivity index (χ1n) is 7.94. The molecule has 2 aliphatic carbocycles. The third kappa shape index (κ3) is 4.38. The third-order valence-electron chi connectivity index (χ3n) is 4.59. The topological polar surface area (TPSA) is 32.3 Å². The second-order valence-corrected chi connectivity index (χ2v) is 8.24. The van der Waals surface area contributed by atoms with Crippen LogP contribution in [0.4, 0.5) is 0 Å². The molecule has 2 N–H and O–H groups in total. The monoisotopic (exact) mass is 325 g/mol. The van der Waals surface area contributed by atoms with E-state index in [1.54, 1.807) is 0 Å². The van der Waals surface area contributed by atoms with E-state index in [9.17, 15) is 5.11 Å². The van der Waals surface area contributed by atoms with Crippen molar-refractivity contribution in [3.05, 3.63) is 34.9 Å². The Bertz CT molecular complexity index is 462. The van der Waals surface area contributed by atoms with Gasteiger partial charge in [-0.25, -0.2) is 0 Å². The minimum atomic E-state index is -0.0168. The van der Waals surface area contributed by atoms with Gasteiger partial charge in [0.15, 0.2) is 0 Å². The lowest BCUT2D eigenvalue weighted by Gasteiger charge is -2.40. The van der Waals surface area contributed by atoms with E-state index in [1.807, 2.05) is 23.9 Å². The van der Waals surface area contributed by atoms with Crippen LogP contribution in [0.3, 0.4) is 0 Å². The SMILES string of the molecule is OCC1(NC2CC2)CCCC(SCc2ccc(Cl)cc2)C1. The summed E-state index contributed by atoms with van der Waals surface area (Å²) in [6.45, 7) is 0.279. The van der Waals surface area contributed by atoms with Crippen LogP contribution in [-0.4, -0.2) is 28.5 Å². The fourth-order valence-electron chi connectivity index (χ4n) is 3.23. The van der Waals surface area contributed by atoms with Crippen molar-refractivity contribution in [2.24, 2.45) is 0 Å². The predicted octanol–water partition coefficient (Wildman–Crippen LogP) is 4.00. The zero-order valence-electron chi connectivity index (χ0n) is 12.4. The first-order valence-corrected chi connectivity index (χ1v) is 9.36. The fourth-order valence-corrected chi connectivity index (χ4v) is 4.74. The number of aliphatic hydroxyl groups excluding tert-OH is 1. The highest BCUT2D eigenvalue weighted by Crippen LogP contribution is 2.38. The minimum Gasteiger partial charge on any atom is -0.394 e. The van der Waals surface area contributed by atoms with Crippen LogP contribution < -0.4 is 5.32 Å². The molecule has 1 aromatic carbocycles. The Hall–Kier alpha value is -0.220. The Morgan fingerprint density at radius 2 is 2.00 bits per heavy atom. The van der Waals surface area contributed by atoms with Crippen molar-refractivity contribution < 1.29 is 5.11 Å². The van der Waals surface area contributed by atoms with Gasteiger partial charge in [-0.05, 0) is 49.8 Å². The molecule has 0 aromatic heterocycles. The largest absolute Gasteiger partial charge is 0.394 e. The van der Waals surface area contributed by atoms with E-state index in [4.69, 9.17) is 11.6 Å². The van der Waals surface area contributed by atoms with Crippen molar-refractivity contribution in [1.29, 1.82) is 0 Å². The number of hydrogen-bond acceptors (Lipinski definition) is 3. The van der Waals surface area contributed by atoms with Gasteiger partial charge in [0.05, 0.1) is 6.61 Å². The normalized spacial score (nSPS) is 29.5. The lowest BCUT2D eigenvalue weighted by atomic mass is 9.82. The molecule has 2 nitrogen and oxygen atoms in total. The van der Waals surface area contributed by atoms with Crippen LogP contribution in [0.25, 0.3) is 0 Å².